The highest BCUT2D eigenvalue weighted by atomic mass is 35.5. The van der Waals surface area contributed by atoms with Crippen LogP contribution >= 0.6 is 11.6 Å². The Balaban J connectivity index is 2.14. The Bertz CT molecular complexity index is 480. The molecule has 118 valence electrons. The minimum absolute atomic E-state index is 0.132. The molecule has 2 heterocycles. The summed E-state index contributed by atoms with van der Waals surface area (Å²) >= 11 is 5.90. The smallest absolute Gasteiger partial charge is 0.357 e. The van der Waals surface area contributed by atoms with Gasteiger partial charge in [0.25, 0.3) is 0 Å². The lowest BCUT2D eigenvalue weighted by Crippen LogP contribution is -2.39. The summed E-state index contributed by atoms with van der Waals surface area (Å²) in [6, 6.07) is 3.84. The lowest BCUT2D eigenvalue weighted by Gasteiger charge is -2.34. The van der Waals surface area contributed by atoms with Crippen molar-refractivity contribution in [3.05, 3.63) is 23.4 Å². The molecule has 0 aromatic carbocycles. The molecular formula is C15H20ClF3N2. The molecule has 1 saturated heterocycles. The van der Waals surface area contributed by atoms with Gasteiger partial charge in [-0.15, -0.1) is 11.6 Å². The molecule has 0 bridgehead atoms. The molecule has 2 rings (SSSR count). The quantitative estimate of drug-likeness (QED) is 0.749. The normalized spacial score (nSPS) is 17.6. The van der Waals surface area contributed by atoms with E-state index in [2.05, 4.69) is 4.98 Å². The van der Waals surface area contributed by atoms with E-state index in [1.54, 1.807) is 0 Å². The molecule has 1 aromatic heterocycles. The van der Waals surface area contributed by atoms with Gasteiger partial charge in [0.05, 0.1) is 5.92 Å². The van der Waals surface area contributed by atoms with Gasteiger partial charge in [0, 0.05) is 24.7 Å². The minimum Gasteiger partial charge on any atom is -0.357 e. The molecule has 0 unspecified atom stereocenters. The molecule has 1 aliphatic heterocycles. The van der Waals surface area contributed by atoms with Gasteiger partial charge < -0.3 is 4.90 Å². The van der Waals surface area contributed by atoms with Crippen molar-refractivity contribution in [3.8, 4) is 0 Å². The fourth-order valence-electron chi connectivity index (χ4n) is 2.57. The molecule has 0 saturated carbocycles. The molecule has 0 atom stereocenters. The van der Waals surface area contributed by atoms with Crippen LogP contribution < -0.4 is 4.90 Å². The van der Waals surface area contributed by atoms with E-state index in [9.17, 15) is 13.2 Å². The van der Waals surface area contributed by atoms with Crippen molar-refractivity contribution in [1.82, 2.24) is 4.98 Å². The maximum Gasteiger partial charge on any atom is 0.391 e. The Labute approximate surface area is 128 Å². The van der Waals surface area contributed by atoms with Gasteiger partial charge >= 0.3 is 6.18 Å². The largest absolute Gasteiger partial charge is 0.391 e. The van der Waals surface area contributed by atoms with Crippen LogP contribution in [0.2, 0.25) is 0 Å². The Hall–Kier alpha value is -0.970. The lowest BCUT2D eigenvalue weighted by molar-refractivity contribution is -0.179. The third-order valence-corrected chi connectivity index (χ3v) is 4.23. The van der Waals surface area contributed by atoms with Crippen molar-refractivity contribution in [2.45, 2.75) is 44.7 Å². The summed E-state index contributed by atoms with van der Waals surface area (Å²) in [7, 11) is 0. The second kappa shape index (κ2) is 6.42. The zero-order valence-corrected chi connectivity index (χ0v) is 13.0. The van der Waals surface area contributed by atoms with Gasteiger partial charge in [0.15, 0.2) is 0 Å². The van der Waals surface area contributed by atoms with Crippen molar-refractivity contribution >= 4 is 17.4 Å². The first-order valence-corrected chi connectivity index (χ1v) is 7.73. The van der Waals surface area contributed by atoms with Crippen molar-refractivity contribution in [1.29, 1.82) is 0 Å². The second-order valence-corrected chi connectivity index (χ2v) is 6.12. The lowest BCUT2D eigenvalue weighted by atomic mass is 9.96. The predicted molar refractivity (Wildman–Crippen MR) is 78.9 cm³/mol. The average molecular weight is 321 g/mol. The summed E-state index contributed by atoms with van der Waals surface area (Å²) in [5, 5.41) is 0. The molecule has 1 aromatic rings. The van der Waals surface area contributed by atoms with E-state index in [4.69, 9.17) is 11.6 Å². The summed E-state index contributed by atoms with van der Waals surface area (Å²) in [5.41, 5.74) is 1.89. The van der Waals surface area contributed by atoms with Crippen LogP contribution in [-0.4, -0.2) is 24.2 Å². The molecule has 2 nitrogen and oxygen atoms in total. The minimum atomic E-state index is -4.08. The number of rotatable bonds is 3. The zero-order valence-electron chi connectivity index (χ0n) is 12.3. The van der Waals surface area contributed by atoms with Crippen LogP contribution in [-0.2, 0) is 5.88 Å². The summed E-state index contributed by atoms with van der Waals surface area (Å²) in [5.74, 6) is 0.209. The van der Waals surface area contributed by atoms with Gasteiger partial charge in [0.1, 0.15) is 5.82 Å². The third kappa shape index (κ3) is 4.02. The number of aromatic nitrogens is 1. The number of hydrogen-bond donors (Lipinski definition) is 0. The van der Waals surface area contributed by atoms with E-state index in [0.29, 0.717) is 19.0 Å². The Morgan fingerprint density at radius 3 is 2.38 bits per heavy atom. The number of halogens is 4. The average Bonchev–Trinajstić information content (AvgIpc) is 2.46. The number of anilines is 1. The first kappa shape index (κ1) is 16.4. The van der Waals surface area contributed by atoms with E-state index >= 15 is 0 Å². The molecule has 0 N–H and O–H groups in total. The third-order valence-electron chi connectivity index (χ3n) is 3.92. The van der Waals surface area contributed by atoms with E-state index in [1.807, 2.05) is 30.9 Å². The molecule has 0 radical (unpaired) electrons. The Morgan fingerprint density at radius 2 is 1.90 bits per heavy atom. The summed E-state index contributed by atoms with van der Waals surface area (Å²) in [6.45, 7) is 4.86. The Kier molecular flexibility index (Phi) is 5.02. The fraction of sp³-hybridized carbons (Fsp3) is 0.667. The van der Waals surface area contributed by atoms with E-state index in [-0.39, 0.29) is 18.8 Å². The number of alkyl halides is 4. The van der Waals surface area contributed by atoms with Gasteiger partial charge in [-0.3, -0.25) is 0 Å². The van der Waals surface area contributed by atoms with Gasteiger partial charge in [0.2, 0.25) is 0 Å². The van der Waals surface area contributed by atoms with Crippen LogP contribution in [0.15, 0.2) is 12.1 Å². The van der Waals surface area contributed by atoms with Crippen LogP contribution in [0.3, 0.4) is 0 Å². The summed E-state index contributed by atoms with van der Waals surface area (Å²) in [6.07, 6.45) is -3.82. The zero-order chi connectivity index (χ0) is 15.6. The first-order chi connectivity index (χ1) is 9.81. The molecule has 1 aliphatic rings. The number of hydrogen-bond acceptors (Lipinski definition) is 2. The predicted octanol–water partition coefficient (Wildman–Crippen LogP) is 4.72. The van der Waals surface area contributed by atoms with Gasteiger partial charge in [-0.25, -0.2) is 4.98 Å². The van der Waals surface area contributed by atoms with E-state index in [0.717, 1.165) is 17.1 Å². The number of pyridine rings is 1. The van der Waals surface area contributed by atoms with Gasteiger partial charge in [-0.1, -0.05) is 13.8 Å². The van der Waals surface area contributed by atoms with Crippen molar-refractivity contribution in [2.24, 2.45) is 5.92 Å². The molecule has 21 heavy (non-hydrogen) atoms. The first-order valence-electron chi connectivity index (χ1n) is 7.19. The van der Waals surface area contributed by atoms with Gasteiger partial charge in [-0.2, -0.15) is 13.2 Å². The topological polar surface area (TPSA) is 16.1 Å². The van der Waals surface area contributed by atoms with Crippen molar-refractivity contribution < 1.29 is 13.2 Å². The number of nitrogens with zero attached hydrogens (tertiary/aromatic N) is 2. The fourth-order valence-corrected chi connectivity index (χ4v) is 2.72. The maximum atomic E-state index is 12.7. The molecule has 0 aliphatic carbocycles. The van der Waals surface area contributed by atoms with Gasteiger partial charge in [-0.05, 0) is 36.5 Å². The summed E-state index contributed by atoms with van der Waals surface area (Å²) < 4.78 is 38.1. The van der Waals surface area contributed by atoms with Crippen LogP contribution in [0.1, 0.15) is 43.9 Å². The molecule has 6 heteroatoms. The van der Waals surface area contributed by atoms with Crippen LogP contribution in [0.4, 0.5) is 19.0 Å². The maximum absolute atomic E-state index is 12.7. The Morgan fingerprint density at radius 1 is 1.29 bits per heavy atom. The van der Waals surface area contributed by atoms with Crippen LogP contribution in [0.5, 0.6) is 0 Å². The standard InChI is InChI=1S/C15H20ClF3N2/c1-10(2)13-7-11(9-16)8-14(20-13)21-5-3-12(4-6-21)15(17,18)19/h7-8,10,12H,3-6,9H2,1-2H3. The molecule has 0 amide bonds. The molecule has 0 spiro atoms. The molecular weight excluding hydrogens is 301 g/mol. The van der Waals surface area contributed by atoms with E-state index in [1.165, 1.54) is 0 Å². The van der Waals surface area contributed by atoms with Crippen molar-refractivity contribution in [3.63, 3.8) is 0 Å². The SMILES string of the molecule is CC(C)c1cc(CCl)cc(N2CCC(C(F)(F)F)CC2)n1. The highest BCUT2D eigenvalue weighted by Gasteiger charge is 2.41. The summed E-state index contributed by atoms with van der Waals surface area (Å²) in [4.78, 5) is 6.51. The van der Waals surface area contributed by atoms with Crippen molar-refractivity contribution in [2.75, 3.05) is 18.0 Å². The monoisotopic (exact) mass is 320 g/mol. The van der Waals surface area contributed by atoms with E-state index < -0.39 is 12.1 Å². The molecule has 1 fully saturated rings. The van der Waals surface area contributed by atoms with Crippen LogP contribution in [0, 0.1) is 5.92 Å². The van der Waals surface area contributed by atoms with Crippen LogP contribution in [0.25, 0.3) is 0 Å². The number of piperidine rings is 1. The highest BCUT2D eigenvalue weighted by Crippen LogP contribution is 2.35. The second-order valence-electron chi connectivity index (χ2n) is 5.85. The highest BCUT2D eigenvalue weighted by molar-refractivity contribution is 6.17.